The monoisotopic (exact) mass is 749 g/mol. The normalized spacial score (nSPS) is 32.0. The number of benzene rings is 1. The minimum Gasteiger partial charge on any atom is -0.495 e. The summed E-state index contributed by atoms with van der Waals surface area (Å²) in [5.74, 6) is -2.15. The van der Waals surface area contributed by atoms with Crippen molar-refractivity contribution >= 4 is 41.2 Å². The number of halogens is 1. The molecule has 2 saturated heterocycles. The summed E-state index contributed by atoms with van der Waals surface area (Å²) in [4.78, 5) is 56.2. The van der Waals surface area contributed by atoms with Gasteiger partial charge < -0.3 is 43.7 Å². The fraction of sp³-hybridized carbons (Fsp3) is 0.622. The molecule has 4 bridgehead atoms. The fourth-order valence-corrected chi connectivity index (χ4v) is 7.01. The number of epoxide rings is 1. The van der Waals surface area contributed by atoms with Gasteiger partial charge in [-0.15, -0.1) is 0 Å². The Kier molecular flexibility index (Phi) is 12.7. The van der Waals surface area contributed by atoms with E-state index in [9.17, 15) is 29.4 Å². The number of aliphatic hydroxyl groups excluding tert-OH is 1. The van der Waals surface area contributed by atoms with Crippen LogP contribution < -0.4 is 15.0 Å². The summed E-state index contributed by atoms with van der Waals surface area (Å²) in [6.45, 7) is 10.4. The Morgan fingerprint density at radius 2 is 1.90 bits per heavy atom. The molecule has 1 aromatic rings. The van der Waals surface area contributed by atoms with Crippen molar-refractivity contribution in [2.24, 2.45) is 11.8 Å². The molecule has 3 aliphatic rings. The minimum absolute atomic E-state index is 0.0974. The van der Waals surface area contributed by atoms with Crippen LogP contribution in [0.4, 0.5) is 10.5 Å². The highest BCUT2D eigenvalue weighted by molar-refractivity contribution is 6.35. The van der Waals surface area contributed by atoms with Crippen molar-refractivity contribution in [2.45, 2.75) is 109 Å². The van der Waals surface area contributed by atoms with Gasteiger partial charge >= 0.3 is 12.1 Å². The Balaban J connectivity index is 1.80. The van der Waals surface area contributed by atoms with Gasteiger partial charge in [-0.2, -0.15) is 0 Å². The molecule has 10 unspecified atom stereocenters. The number of nitrogens with one attached hydrogen (secondary N) is 1. The standard InChI is InChI=1S/C37H52ClN3O11/c1-11-19(2)33(44)40(7)22(5)34(45)51-28-17-29(42)41(8)24-15-23(16-25(48-9)30(24)38)31(43)20(3)13-12-14-27(49-10)37(47)18-26(50-35(46)39-37)21(4)32-36(28,6)52-32/h12-16,19,21-22,26-28,31-32,43,47H,11,17-18H2,1-10H3,(H,39,46). The molecule has 15 heteroatoms. The molecule has 0 aromatic heterocycles. The number of nitrogens with zero attached hydrogens (tertiary/aromatic N) is 2. The number of fused-ring (bicyclic) bond motifs is 5. The molecule has 3 N–H and O–H groups in total. The molecule has 0 spiro atoms. The lowest BCUT2D eigenvalue weighted by Crippen LogP contribution is -2.63. The van der Waals surface area contributed by atoms with Crippen molar-refractivity contribution in [3.8, 4) is 5.75 Å². The van der Waals surface area contributed by atoms with Gasteiger partial charge in [-0.1, -0.05) is 50.6 Å². The van der Waals surface area contributed by atoms with Gasteiger partial charge in [-0.3, -0.25) is 14.9 Å². The van der Waals surface area contributed by atoms with Gasteiger partial charge in [0.2, 0.25) is 11.8 Å². The van der Waals surface area contributed by atoms with E-state index in [2.05, 4.69) is 5.32 Å². The average molecular weight is 750 g/mol. The van der Waals surface area contributed by atoms with E-state index in [1.165, 1.54) is 38.1 Å². The van der Waals surface area contributed by atoms with Gasteiger partial charge in [0.1, 0.15) is 46.8 Å². The molecule has 1 aromatic carbocycles. The number of carbonyl (C=O) groups is 4. The zero-order chi connectivity index (χ0) is 38.9. The van der Waals surface area contributed by atoms with Crippen LogP contribution in [0.15, 0.2) is 35.9 Å². The first-order chi connectivity index (χ1) is 24.3. The largest absolute Gasteiger partial charge is 0.495 e. The number of allylic oxidation sites excluding steroid dienone is 2. The second-order valence-corrected chi connectivity index (χ2v) is 14.6. The molecule has 3 amide bonds. The predicted octanol–water partition coefficient (Wildman–Crippen LogP) is 4.05. The molecule has 14 nitrogen and oxygen atoms in total. The third-order valence-corrected chi connectivity index (χ3v) is 11.1. The number of hydrogen-bond acceptors (Lipinski definition) is 11. The van der Waals surface area contributed by atoms with Crippen molar-refractivity contribution in [1.82, 2.24) is 10.2 Å². The quantitative estimate of drug-likeness (QED) is 0.271. The van der Waals surface area contributed by atoms with Gasteiger partial charge in [-0.05, 0) is 50.5 Å². The summed E-state index contributed by atoms with van der Waals surface area (Å²) in [7, 11) is 5.83. The molecule has 0 saturated carbocycles. The molecule has 52 heavy (non-hydrogen) atoms. The molecule has 0 radical (unpaired) electrons. The zero-order valence-corrected chi connectivity index (χ0v) is 32.2. The second kappa shape index (κ2) is 16.1. The van der Waals surface area contributed by atoms with E-state index in [0.717, 1.165) is 0 Å². The lowest BCUT2D eigenvalue weighted by atomic mass is 9.83. The highest BCUT2D eigenvalue weighted by atomic mass is 35.5. The second-order valence-electron chi connectivity index (χ2n) is 14.2. The van der Waals surface area contributed by atoms with Gasteiger partial charge in [0.15, 0.2) is 5.72 Å². The number of esters is 1. The van der Waals surface area contributed by atoms with Crippen LogP contribution >= 0.6 is 11.6 Å². The number of methoxy groups -OCH3 is 2. The number of likely N-dealkylation sites (N-methyl/N-ethyl adjacent to an activating group) is 1. The molecule has 0 aliphatic carbocycles. The summed E-state index contributed by atoms with van der Waals surface area (Å²) in [5, 5.41) is 25.7. The van der Waals surface area contributed by atoms with E-state index < -0.39 is 71.8 Å². The van der Waals surface area contributed by atoms with Gasteiger partial charge in [0.05, 0.1) is 25.3 Å². The number of ether oxygens (including phenoxy) is 5. The van der Waals surface area contributed by atoms with Crippen molar-refractivity contribution in [1.29, 1.82) is 0 Å². The Morgan fingerprint density at radius 3 is 2.52 bits per heavy atom. The fourth-order valence-electron chi connectivity index (χ4n) is 6.70. The van der Waals surface area contributed by atoms with Crippen LogP contribution in [0.1, 0.15) is 72.5 Å². The number of amides is 3. The highest BCUT2D eigenvalue weighted by Gasteiger charge is 2.64. The summed E-state index contributed by atoms with van der Waals surface area (Å²) in [5.41, 5.74) is -2.04. The van der Waals surface area contributed by atoms with Gasteiger partial charge in [0.25, 0.3) is 0 Å². The maximum absolute atomic E-state index is 14.1. The Labute approximate surface area is 310 Å². The van der Waals surface area contributed by atoms with Crippen LogP contribution in [-0.2, 0) is 33.3 Å². The molecule has 2 fully saturated rings. The van der Waals surface area contributed by atoms with Crippen molar-refractivity contribution in [3.63, 3.8) is 0 Å². The maximum Gasteiger partial charge on any atom is 0.409 e. The summed E-state index contributed by atoms with van der Waals surface area (Å²) >= 11 is 6.71. The first-order valence-electron chi connectivity index (χ1n) is 17.4. The molecule has 288 valence electrons. The van der Waals surface area contributed by atoms with E-state index in [1.54, 1.807) is 65.0 Å². The number of aliphatic hydroxyl groups is 2. The van der Waals surface area contributed by atoms with E-state index >= 15 is 0 Å². The van der Waals surface area contributed by atoms with Crippen LogP contribution in [0.3, 0.4) is 0 Å². The summed E-state index contributed by atoms with van der Waals surface area (Å²) in [6, 6.07) is 2.14. The predicted molar refractivity (Wildman–Crippen MR) is 192 cm³/mol. The number of rotatable bonds is 7. The summed E-state index contributed by atoms with van der Waals surface area (Å²) in [6.07, 6.45) is -0.912. The van der Waals surface area contributed by atoms with Gasteiger partial charge in [-0.25, -0.2) is 9.59 Å². The molecule has 4 rings (SSSR count). The lowest BCUT2D eigenvalue weighted by molar-refractivity contribution is -0.162. The molecular formula is C37H52ClN3O11. The minimum atomic E-state index is -1.89. The topological polar surface area (TPSA) is 177 Å². The molecular weight excluding hydrogens is 698 g/mol. The zero-order valence-electron chi connectivity index (χ0n) is 31.5. The van der Waals surface area contributed by atoms with E-state index in [1.807, 2.05) is 6.92 Å². The smallest absolute Gasteiger partial charge is 0.409 e. The molecule has 3 heterocycles. The maximum atomic E-state index is 14.1. The number of hydrogen-bond donors (Lipinski definition) is 3. The van der Waals surface area contributed by atoms with E-state index in [0.29, 0.717) is 17.6 Å². The Morgan fingerprint density at radius 1 is 1.23 bits per heavy atom. The third kappa shape index (κ3) is 8.26. The Hall–Kier alpha value is -3.69. The SMILES string of the molecule is CCC(C)C(=O)N(C)C(C)C(=O)OC1CC(=O)N(C)c2cc(cc(OC)c2Cl)C(O)C(C)=CC=CC(OC)C2(O)CC(OC(=O)N2)C(C)C2OC12C. The Bertz CT molecular complexity index is 1600. The van der Waals surface area contributed by atoms with Crippen molar-refractivity contribution in [3.05, 3.63) is 46.5 Å². The first kappa shape index (κ1) is 41.1. The van der Waals surface area contributed by atoms with Crippen LogP contribution in [0.5, 0.6) is 5.75 Å². The van der Waals surface area contributed by atoms with Gasteiger partial charge in [0, 0.05) is 39.5 Å². The number of carbonyl (C=O) groups excluding carboxylic acids is 4. The number of anilines is 1. The molecule has 10 atom stereocenters. The summed E-state index contributed by atoms with van der Waals surface area (Å²) < 4.78 is 29.0. The average Bonchev–Trinajstić information content (AvgIpc) is 3.81. The van der Waals surface area contributed by atoms with Crippen LogP contribution in [0.2, 0.25) is 5.02 Å². The van der Waals surface area contributed by atoms with Crippen molar-refractivity contribution in [2.75, 3.05) is 33.2 Å². The van der Waals surface area contributed by atoms with Crippen LogP contribution in [0.25, 0.3) is 0 Å². The molecule has 3 aliphatic heterocycles. The van der Waals surface area contributed by atoms with Crippen LogP contribution in [0, 0.1) is 11.8 Å². The first-order valence-corrected chi connectivity index (χ1v) is 17.8. The van der Waals surface area contributed by atoms with E-state index in [-0.39, 0.29) is 41.1 Å². The number of alkyl carbamates (subject to hydrolysis) is 1. The van der Waals surface area contributed by atoms with Crippen molar-refractivity contribution < 1.29 is 53.1 Å². The van der Waals surface area contributed by atoms with Crippen LogP contribution in [-0.4, -0.2) is 109 Å². The highest BCUT2D eigenvalue weighted by Crippen LogP contribution is 2.49. The third-order valence-electron chi connectivity index (χ3n) is 10.7. The van der Waals surface area contributed by atoms with E-state index in [4.69, 9.17) is 35.3 Å². The lowest BCUT2D eigenvalue weighted by Gasteiger charge is -2.42.